The largest absolute Gasteiger partial charge is 0.419 e. The molecule has 0 aromatic carbocycles. The summed E-state index contributed by atoms with van der Waals surface area (Å²) in [5.74, 6) is -1.12. The molecule has 1 aromatic rings. The molecule has 0 fully saturated rings. The van der Waals surface area contributed by atoms with Gasteiger partial charge in [0.2, 0.25) is 5.69 Å². The van der Waals surface area contributed by atoms with Crippen molar-refractivity contribution in [3.63, 3.8) is 0 Å². The van der Waals surface area contributed by atoms with Crippen LogP contribution in [0.5, 0.6) is 0 Å². The van der Waals surface area contributed by atoms with Gasteiger partial charge in [-0.2, -0.15) is 0 Å². The summed E-state index contributed by atoms with van der Waals surface area (Å²) in [7, 11) is 0. The van der Waals surface area contributed by atoms with Gasteiger partial charge >= 0.3 is 0 Å². The van der Waals surface area contributed by atoms with Crippen LogP contribution in [-0.4, -0.2) is 9.97 Å². The van der Waals surface area contributed by atoms with Gasteiger partial charge in [0, 0.05) is 32.7 Å². The summed E-state index contributed by atoms with van der Waals surface area (Å²) in [6.07, 6.45) is 1.72. The molecule has 0 atom stereocenters. The van der Waals surface area contributed by atoms with Crippen LogP contribution in [0.15, 0.2) is 9.59 Å². The van der Waals surface area contributed by atoms with Crippen molar-refractivity contribution >= 4 is 0 Å². The minimum Gasteiger partial charge on any atom is -0.419 e. The fraction of sp³-hybridized carbons (Fsp3) is 0. The van der Waals surface area contributed by atoms with Crippen molar-refractivity contribution in [3.8, 4) is 0 Å². The van der Waals surface area contributed by atoms with Gasteiger partial charge in [0.15, 0.2) is 5.56 Å². The van der Waals surface area contributed by atoms with Crippen LogP contribution in [0.1, 0.15) is 0 Å². The number of halogens is 1. The molecule has 0 aliphatic rings. The number of rotatable bonds is 0. The normalized spacial score (nSPS) is 8.50. The summed E-state index contributed by atoms with van der Waals surface area (Å²) in [5, 5.41) is 0. The molecule has 4 nitrogen and oxygen atoms in total. The van der Waals surface area contributed by atoms with E-state index in [2.05, 4.69) is 0 Å². The maximum absolute atomic E-state index is 11.9. The van der Waals surface area contributed by atoms with Crippen molar-refractivity contribution in [1.82, 2.24) is 9.97 Å². The molecule has 1 rings (SSSR count). The Labute approximate surface area is 79.7 Å². The molecular weight excluding hydrogens is 216 g/mol. The standard InChI is InChI=1S/C4H2FN2O2.Y/c5-2-1-6-4(9)7-3(2)8;/h(H2,6,7,8,9);/q-1;. The number of hydrogen-bond acceptors (Lipinski definition) is 2. The van der Waals surface area contributed by atoms with Crippen molar-refractivity contribution in [2.45, 2.75) is 0 Å². The Kier molecular flexibility index (Phi) is 3.67. The molecular formula is C4H2FN2O2Y-. The van der Waals surface area contributed by atoms with E-state index in [4.69, 9.17) is 0 Å². The fourth-order valence-electron chi connectivity index (χ4n) is 0.358. The number of nitrogens with one attached hydrogen (secondary N) is 2. The quantitative estimate of drug-likeness (QED) is 0.548. The average molecular weight is 218 g/mol. The van der Waals surface area contributed by atoms with E-state index in [1.165, 1.54) is 0 Å². The van der Waals surface area contributed by atoms with E-state index >= 15 is 0 Å². The topological polar surface area (TPSA) is 65.7 Å². The van der Waals surface area contributed by atoms with E-state index in [-0.39, 0.29) is 32.7 Å². The predicted molar refractivity (Wildman–Crippen MR) is 26.5 cm³/mol. The molecule has 0 bridgehead atoms. The van der Waals surface area contributed by atoms with Crippen LogP contribution in [0.25, 0.3) is 0 Å². The molecule has 1 aromatic heterocycles. The van der Waals surface area contributed by atoms with E-state index in [9.17, 15) is 14.0 Å². The third-order valence-corrected chi connectivity index (χ3v) is 0.712. The van der Waals surface area contributed by atoms with Crippen LogP contribution < -0.4 is 11.2 Å². The second kappa shape index (κ2) is 3.78. The minimum atomic E-state index is -1.12. The Morgan fingerprint density at radius 3 is 2.40 bits per heavy atom. The van der Waals surface area contributed by atoms with E-state index in [1.54, 1.807) is 11.2 Å². The Hall–Kier alpha value is -0.286. The summed E-state index contributed by atoms with van der Waals surface area (Å²) in [5.41, 5.74) is -1.82. The van der Waals surface area contributed by atoms with Crippen LogP contribution in [-0.2, 0) is 32.7 Å². The van der Waals surface area contributed by atoms with Gasteiger partial charge in [0.05, 0.1) is 5.82 Å². The van der Waals surface area contributed by atoms with Crippen molar-refractivity contribution in [3.05, 3.63) is 32.9 Å². The zero-order chi connectivity index (χ0) is 6.85. The first-order chi connectivity index (χ1) is 4.20. The Morgan fingerprint density at radius 1 is 1.40 bits per heavy atom. The average Bonchev–Trinajstić information content (AvgIpc) is 1.80. The van der Waals surface area contributed by atoms with Crippen LogP contribution in [0.4, 0.5) is 4.39 Å². The summed E-state index contributed by atoms with van der Waals surface area (Å²) < 4.78 is 11.9. The first-order valence-corrected chi connectivity index (χ1v) is 2.10. The Balaban J connectivity index is 0.000000810. The Morgan fingerprint density at radius 2 is 2.00 bits per heavy atom. The van der Waals surface area contributed by atoms with Gasteiger partial charge in [-0.25, -0.2) is 4.39 Å². The molecule has 51 valence electrons. The van der Waals surface area contributed by atoms with E-state index in [0.29, 0.717) is 0 Å². The molecule has 0 saturated carbocycles. The van der Waals surface area contributed by atoms with Gasteiger partial charge in [-0.3, -0.25) is 0 Å². The van der Waals surface area contributed by atoms with Crippen LogP contribution in [0, 0.1) is 12.0 Å². The molecule has 0 spiro atoms. The smallest absolute Gasteiger partial charge is 0.210 e. The maximum atomic E-state index is 11.9. The molecule has 6 heteroatoms. The monoisotopic (exact) mass is 218 g/mol. The van der Waals surface area contributed by atoms with Gasteiger partial charge in [0.1, 0.15) is 0 Å². The van der Waals surface area contributed by atoms with Crippen molar-refractivity contribution in [2.75, 3.05) is 0 Å². The van der Waals surface area contributed by atoms with Crippen LogP contribution in [0.3, 0.4) is 0 Å². The van der Waals surface area contributed by atoms with Crippen molar-refractivity contribution < 1.29 is 37.1 Å². The molecule has 0 aliphatic carbocycles. The zero-order valence-corrected chi connectivity index (χ0v) is 7.61. The third-order valence-electron chi connectivity index (χ3n) is 0.712. The van der Waals surface area contributed by atoms with Crippen LogP contribution >= 0.6 is 0 Å². The van der Waals surface area contributed by atoms with Gasteiger partial charge < -0.3 is 19.6 Å². The molecule has 10 heavy (non-hydrogen) atoms. The second-order valence-electron chi connectivity index (χ2n) is 1.35. The van der Waals surface area contributed by atoms with Gasteiger partial charge in [-0.15, -0.1) is 0 Å². The molecule has 1 heterocycles. The maximum Gasteiger partial charge on any atom is 0.210 e. The first kappa shape index (κ1) is 9.71. The molecule has 0 saturated heterocycles. The molecule has 0 aliphatic heterocycles. The number of aromatic nitrogens is 2. The second-order valence-corrected chi connectivity index (χ2v) is 1.35. The van der Waals surface area contributed by atoms with Gasteiger partial charge in [0.25, 0.3) is 0 Å². The molecule has 0 unspecified atom stereocenters. The number of hydrogen-bond donors (Lipinski definition) is 2. The van der Waals surface area contributed by atoms with E-state index in [0.717, 1.165) is 0 Å². The first-order valence-electron chi connectivity index (χ1n) is 2.10. The third kappa shape index (κ3) is 2.15. The zero-order valence-electron chi connectivity index (χ0n) is 4.77. The summed E-state index contributed by atoms with van der Waals surface area (Å²) in [6.45, 7) is 0. The van der Waals surface area contributed by atoms with Crippen molar-refractivity contribution in [2.24, 2.45) is 0 Å². The number of aromatic amines is 2. The summed E-state index contributed by atoms with van der Waals surface area (Å²) in [6, 6.07) is 0. The molecule has 1 radical (unpaired) electrons. The Bertz CT molecular complexity index is 318. The molecule has 0 amide bonds. The molecule has 2 N–H and O–H groups in total. The summed E-state index contributed by atoms with van der Waals surface area (Å²) in [4.78, 5) is 23.8. The van der Waals surface area contributed by atoms with Gasteiger partial charge in [-0.1, -0.05) is 6.20 Å². The van der Waals surface area contributed by atoms with Crippen LogP contribution in [0.2, 0.25) is 0 Å². The number of H-pyrrole nitrogens is 2. The minimum absolute atomic E-state index is 0. The van der Waals surface area contributed by atoms with Gasteiger partial charge in [-0.05, 0) is 0 Å². The van der Waals surface area contributed by atoms with Crippen molar-refractivity contribution in [1.29, 1.82) is 0 Å². The SMILES string of the molecule is O=c1[nH][c-]c(F)c(=O)[nH]1.[Y]. The fourth-order valence-corrected chi connectivity index (χ4v) is 0.358. The predicted octanol–water partition coefficient (Wildman–Crippen LogP) is -1.00. The van der Waals surface area contributed by atoms with E-state index in [1.807, 2.05) is 4.98 Å². The summed E-state index contributed by atoms with van der Waals surface area (Å²) >= 11 is 0. The van der Waals surface area contributed by atoms with E-state index < -0.39 is 17.1 Å².